The van der Waals surface area contributed by atoms with Crippen LogP contribution in [-0.2, 0) is 0 Å². The topological polar surface area (TPSA) is 100 Å². The number of hydrogen-bond acceptors (Lipinski definition) is 9. The highest BCUT2D eigenvalue weighted by molar-refractivity contribution is 5.72. The number of aromatic nitrogens is 5. The standard InChI is InChI=1S/C25H31N7O2/c1-24-10-11-25(2,32(24)4)14-17(13-24)31(3)21-9-8-19(29-30-21)18-7-6-16(12-20(18)33)22-26-15-27-23(28-22)34-5/h6-9,12,15,17,33H,10-11,13-14H2,1-5H3/t17?,24-,25+. The van der Waals surface area contributed by atoms with E-state index in [0.29, 0.717) is 28.7 Å². The molecule has 1 N–H and O–H groups in total. The van der Waals surface area contributed by atoms with Gasteiger partial charge in [0.1, 0.15) is 12.1 Å². The number of methoxy groups -OCH3 is 1. The highest BCUT2D eigenvalue weighted by Gasteiger charge is 2.54. The molecule has 0 spiro atoms. The van der Waals surface area contributed by atoms with Gasteiger partial charge in [-0.15, -0.1) is 10.2 Å². The minimum atomic E-state index is 0.0834. The summed E-state index contributed by atoms with van der Waals surface area (Å²) < 4.78 is 5.06. The van der Waals surface area contributed by atoms with Crippen LogP contribution in [0.15, 0.2) is 36.7 Å². The Labute approximate surface area is 199 Å². The average Bonchev–Trinajstić information content (AvgIpc) is 2.98. The first-order valence-electron chi connectivity index (χ1n) is 11.6. The van der Waals surface area contributed by atoms with Crippen LogP contribution in [0.2, 0.25) is 0 Å². The molecule has 1 aromatic carbocycles. The third kappa shape index (κ3) is 3.73. The van der Waals surface area contributed by atoms with Gasteiger partial charge in [0.2, 0.25) is 0 Å². The number of hydrogen-bond donors (Lipinski definition) is 1. The lowest BCUT2D eigenvalue weighted by atomic mass is 9.82. The van der Waals surface area contributed by atoms with E-state index in [0.717, 1.165) is 18.7 Å². The van der Waals surface area contributed by atoms with E-state index in [2.05, 4.69) is 62.9 Å². The first-order valence-corrected chi connectivity index (χ1v) is 11.6. The summed E-state index contributed by atoms with van der Waals surface area (Å²) >= 11 is 0. The van der Waals surface area contributed by atoms with Gasteiger partial charge in [-0.2, -0.15) is 9.97 Å². The highest BCUT2D eigenvalue weighted by atomic mass is 16.5. The van der Waals surface area contributed by atoms with E-state index >= 15 is 0 Å². The normalized spacial score (nSPS) is 26.4. The Morgan fingerprint density at radius 1 is 1.06 bits per heavy atom. The van der Waals surface area contributed by atoms with Crippen molar-refractivity contribution in [2.45, 2.75) is 56.7 Å². The molecule has 3 atom stereocenters. The zero-order chi connectivity index (χ0) is 24.1. The van der Waals surface area contributed by atoms with Crippen LogP contribution in [0.3, 0.4) is 0 Å². The lowest BCUT2D eigenvalue weighted by Crippen LogP contribution is -2.59. The van der Waals surface area contributed by atoms with Crippen LogP contribution in [0.5, 0.6) is 11.8 Å². The van der Waals surface area contributed by atoms with Crippen LogP contribution >= 0.6 is 0 Å². The van der Waals surface area contributed by atoms with Gasteiger partial charge in [-0.05, 0) is 70.8 Å². The molecule has 178 valence electrons. The quantitative estimate of drug-likeness (QED) is 0.611. The molecule has 2 aromatic heterocycles. The van der Waals surface area contributed by atoms with Gasteiger partial charge in [-0.1, -0.05) is 6.07 Å². The summed E-state index contributed by atoms with van der Waals surface area (Å²) in [5.74, 6) is 1.35. The number of piperidine rings is 1. The predicted molar refractivity (Wildman–Crippen MR) is 130 cm³/mol. The van der Waals surface area contributed by atoms with Crippen molar-refractivity contribution in [3.8, 4) is 34.4 Å². The van der Waals surface area contributed by atoms with Crippen LogP contribution in [-0.4, -0.2) is 73.5 Å². The molecule has 2 bridgehead atoms. The van der Waals surface area contributed by atoms with Crippen LogP contribution in [0.4, 0.5) is 5.82 Å². The van der Waals surface area contributed by atoms with Gasteiger partial charge in [0.15, 0.2) is 11.6 Å². The van der Waals surface area contributed by atoms with E-state index in [1.54, 1.807) is 12.1 Å². The third-order valence-corrected chi connectivity index (χ3v) is 8.00. The van der Waals surface area contributed by atoms with Crippen molar-refractivity contribution in [2.24, 2.45) is 0 Å². The van der Waals surface area contributed by atoms with Crippen LogP contribution in [0, 0.1) is 0 Å². The number of anilines is 1. The summed E-state index contributed by atoms with van der Waals surface area (Å²) in [6.45, 7) is 4.76. The van der Waals surface area contributed by atoms with E-state index < -0.39 is 0 Å². The number of fused-ring (bicyclic) bond motifs is 2. The fraction of sp³-hybridized carbons (Fsp3) is 0.480. The number of phenolic OH excluding ortho intramolecular Hbond substituents is 1. The average molecular weight is 462 g/mol. The van der Waals surface area contributed by atoms with Gasteiger partial charge in [-0.25, -0.2) is 4.98 Å². The molecule has 9 nitrogen and oxygen atoms in total. The monoisotopic (exact) mass is 461 g/mol. The Balaban J connectivity index is 1.35. The summed E-state index contributed by atoms with van der Waals surface area (Å²) in [5.41, 5.74) is 2.33. The molecule has 0 saturated carbocycles. The predicted octanol–water partition coefficient (Wildman–Crippen LogP) is 3.55. The second kappa shape index (κ2) is 8.16. The lowest BCUT2D eigenvalue weighted by molar-refractivity contribution is 0.0273. The minimum absolute atomic E-state index is 0.0834. The van der Waals surface area contributed by atoms with Crippen LogP contribution in [0.25, 0.3) is 22.6 Å². The number of aromatic hydroxyl groups is 1. The van der Waals surface area contributed by atoms with Gasteiger partial charge in [-0.3, -0.25) is 4.90 Å². The van der Waals surface area contributed by atoms with Crippen molar-refractivity contribution in [3.63, 3.8) is 0 Å². The van der Waals surface area contributed by atoms with E-state index in [1.807, 2.05) is 18.2 Å². The SMILES string of the molecule is COc1ncnc(-c2ccc(-c3ccc(N(C)C4C[C@]5(C)CC[C@](C)(C4)N5C)nn3)c(O)c2)n1. The Morgan fingerprint density at radius 2 is 1.79 bits per heavy atom. The second-order valence-corrected chi connectivity index (χ2v) is 10.0. The van der Waals surface area contributed by atoms with Gasteiger partial charge in [0, 0.05) is 35.3 Å². The molecule has 1 unspecified atom stereocenters. The first-order chi connectivity index (χ1) is 16.2. The molecule has 0 radical (unpaired) electrons. The molecule has 34 heavy (non-hydrogen) atoms. The maximum Gasteiger partial charge on any atom is 0.319 e. The molecular formula is C25H31N7O2. The highest BCUT2D eigenvalue weighted by Crippen LogP contribution is 2.50. The van der Waals surface area contributed by atoms with E-state index in [1.165, 1.54) is 26.3 Å². The summed E-state index contributed by atoms with van der Waals surface area (Å²) in [7, 11) is 5.88. The molecule has 2 saturated heterocycles. The smallest absolute Gasteiger partial charge is 0.319 e. The van der Waals surface area contributed by atoms with E-state index in [9.17, 15) is 5.11 Å². The van der Waals surface area contributed by atoms with Crippen LogP contribution in [0.1, 0.15) is 39.5 Å². The van der Waals surface area contributed by atoms with Gasteiger partial charge < -0.3 is 14.7 Å². The van der Waals surface area contributed by atoms with E-state index in [4.69, 9.17) is 4.74 Å². The fourth-order valence-corrected chi connectivity index (χ4v) is 5.61. The lowest BCUT2D eigenvalue weighted by Gasteiger charge is -2.51. The largest absolute Gasteiger partial charge is 0.507 e. The van der Waals surface area contributed by atoms with Crippen molar-refractivity contribution in [1.29, 1.82) is 0 Å². The summed E-state index contributed by atoms with van der Waals surface area (Å²) in [4.78, 5) is 17.1. The van der Waals surface area contributed by atoms with E-state index in [-0.39, 0.29) is 22.8 Å². The van der Waals surface area contributed by atoms with Gasteiger partial charge >= 0.3 is 6.01 Å². The summed E-state index contributed by atoms with van der Waals surface area (Å²) in [6, 6.07) is 9.77. The number of phenols is 1. The fourth-order valence-electron chi connectivity index (χ4n) is 5.61. The number of nitrogens with zero attached hydrogens (tertiary/aromatic N) is 7. The first kappa shape index (κ1) is 22.5. The molecule has 2 aliphatic rings. The molecule has 4 heterocycles. The molecule has 0 amide bonds. The summed E-state index contributed by atoms with van der Waals surface area (Å²) in [5, 5.41) is 19.6. The molecule has 0 aliphatic carbocycles. The maximum absolute atomic E-state index is 10.7. The van der Waals surface area contributed by atoms with Crippen molar-refractivity contribution >= 4 is 5.82 Å². The Kier molecular flexibility index (Phi) is 5.39. The third-order valence-electron chi connectivity index (χ3n) is 8.00. The molecule has 3 aromatic rings. The van der Waals surface area contributed by atoms with Crippen LogP contribution < -0.4 is 9.64 Å². The van der Waals surface area contributed by atoms with Crippen molar-refractivity contribution in [1.82, 2.24) is 30.0 Å². The molecule has 9 heteroatoms. The number of benzene rings is 1. The molecule has 2 aliphatic heterocycles. The zero-order valence-electron chi connectivity index (χ0n) is 20.4. The number of rotatable bonds is 5. The molecule has 5 rings (SSSR count). The van der Waals surface area contributed by atoms with Gasteiger partial charge in [0.25, 0.3) is 0 Å². The van der Waals surface area contributed by atoms with Crippen molar-refractivity contribution in [3.05, 3.63) is 36.7 Å². The Morgan fingerprint density at radius 3 is 2.41 bits per heavy atom. The maximum atomic E-state index is 10.7. The zero-order valence-corrected chi connectivity index (χ0v) is 20.4. The number of ether oxygens (including phenoxy) is 1. The summed E-state index contributed by atoms with van der Waals surface area (Å²) in [6.07, 6.45) is 6.08. The van der Waals surface area contributed by atoms with Gasteiger partial charge in [0.05, 0.1) is 12.8 Å². The molecule has 2 fully saturated rings. The molecular weight excluding hydrogens is 430 g/mol. The van der Waals surface area contributed by atoms with Crippen molar-refractivity contribution in [2.75, 3.05) is 26.1 Å². The Hall–Kier alpha value is -3.33. The minimum Gasteiger partial charge on any atom is -0.507 e. The Bertz CT molecular complexity index is 1180. The second-order valence-electron chi connectivity index (χ2n) is 10.0. The van der Waals surface area contributed by atoms with Crippen molar-refractivity contribution < 1.29 is 9.84 Å².